The lowest BCUT2D eigenvalue weighted by molar-refractivity contribution is 0.672. The molecule has 0 nitrogen and oxygen atoms in total. The summed E-state index contributed by atoms with van der Waals surface area (Å²) in [6.07, 6.45) is 21.8. The monoisotopic (exact) mass is 266 g/mol. The average molecular weight is 266 g/mol. The van der Waals surface area contributed by atoms with Crippen molar-refractivity contribution in [2.45, 2.75) is 117 Å². The summed E-state index contributed by atoms with van der Waals surface area (Å²) in [5, 5.41) is 0. The van der Waals surface area contributed by atoms with Crippen LogP contribution in [-0.2, 0) is 0 Å². The van der Waals surface area contributed by atoms with E-state index in [2.05, 4.69) is 20.8 Å². The summed E-state index contributed by atoms with van der Waals surface area (Å²) in [6.45, 7) is 7.98. The topological polar surface area (TPSA) is 0 Å². The van der Waals surface area contributed by atoms with Crippen molar-refractivity contribution in [2.75, 3.05) is 0 Å². The molecule has 0 spiro atoms. The van der Waals surface area contributed by atoms with Crippen molar-refractivity contribution in [1.29, 1.82) is 0 Å². The maximum atomic E-state index is 2.31. The normalized spacial score (nSPS) is 10.9. The Balaban J connectivity index is 3.66. The fourth-order valence-electron chi connectivity index (χ4n) is 3.01. The van der Waals surface area contributed by atoms with Crippen molar-refractivity contribution in [2.24, 2.45) is 0 Å². The van der Waals surface area contributed by atoms with E-state index in [0.29, 0.717) is 0 Å². The zero-order valence-corrected chi connectivity index (χ0v) is 14.2. The smallest absolute Gasteiger partial charge is 0.0741 e. The average Bonchev–Trinajstić information content (AvgIpc) is 2.43. The molecule has 0 aliphatic heterocycles. The van der Waals surface area contributed by atoms with E-state index in [1.54, 1.807) is 0 Å². The second kappa shape index (κ2) is 16.1. The highest BCUT2D eigenvalue weighted by Gasteiger charge is 2.12. The Morgan fingerprint density at radius 2 is 0.737 bits per heavy atom. The highest BCUT2D eigenvalue weighted by atomic mass is 14.0. The minimum atomic E-state index is 1.05. The van der Waals surface area contributed by atoms with Crippen LogP contribution in [0.2, 0.25) is 19.0 Å². The molecular formula is C18H39B. The molecule has 0 unspecified atom stereocenters. The minimum Gasteiger partial charge on any atom is -0.0741 e. The summed E-state index contributed by atoms with van der Waals surface area (Å²) in [5.41, 5.74) is 0. The zero-order chi connectivity index (χ0) is 14.2. The minimum absolute atomic E-state index is 1.05. The van der Waals surface area contributed by atoms with Gasteiger partial charge in [0.25, 0.3) is 0 Å². The van der Waals surface area contributed by atoms with E-state index in [4.69, 9.17) is 0 Å². The first-order valence-electron chi connectivity index (χ1n) is 9.35. The van der Waals surface area contributed by atoms with Crippen molar-refractivity contribution in [1.82, 2.24) is 0 Å². The van der Waals surface area contributed by atoms with Crippen molar-refractivity contribution in [3.8, 4) is 0 Å². The van der Waals surface area contributed by atoms with Gasteiger partial charge in [-0.2, -0.15) is 0 Å². The molecule has 0 aliphatic rings. The van der Waals surface area contributed by atoms with Crippen LogP contribution in [0.1, 0.15) is 97.8 Å². The molecule has 0 radical (unpaired) electrons. The number of unbranched alkanes of at least 4 members (excludes halogenated alkanes) is 9. The lowest BCUT2D eigenvalue weighted by Crippen LogP contribution is -2.11. The summed E-state index contributed by atoms with van der Waals surface area (Å²) in [6, 6.07) is 0. The Kier molecular flexibility index (Phi) is 16.2. The molecule has 1 heteroatoms. The van der Waals surface area contributed by atoms with E-state index in [0.717, 1.165) is 6.71 Å². The number of hydrogen-bond donors (Lipinski definition) is 0. The first-order chi connectivity index (χ1) is 9.35. The van der Waals surface area contributed by atoms with Crippen LogP contribution in [0.4, 0.5) is 0 Å². The van der Waals surface area contributed by atoms with Crippen LogP contribution in [0, 0.1) is 0 Å². The van der Waals surface area contributed by atoms with Gasteiger partial charge in [0.1, 0.15) is 6.71 Å². The van der Waals surface area contributed by atoms with E-state index in [-0.39, 0.29) is 0 Å². The van der Waals surface area contributed by atoms with E-state index in [1.807, 2.05) is 0 Å². The molecule has 0 heterocycles. The second-order valence-electron chi connectivity index (χ2n) is 6.41. The van der Waals surface area contributed by atoms with Crippen LogP contribution in [0.25, 0.3) is 0 Å². The van der Waals surface area contributed by atoms with Crippen molar-refractivity contribution in [3.05, 3.63) is 0 Å². The highest BCUT2D eigenvalue weighted by molar-refractivity contribution is 6.58. The maximum absolute atomic E-state index is 2.31. The molecule has 0 rings (SSSR count). The first-order valence-corrected chi connectivity index (χ1v) is 9.35. The largest absolute Gasteiger partial charge is 0.139 e. The lowest BCUT2D eigenvalue weighted by atomic mass is 9.41. The summed E-state index contributed by atoms with van der Waals surface area (Å²) >= 11 is 0. The molecule has 114 valence electrons. The molecule has 0 bridgehead atoms. The van der Waals surface area contributed by atoms with Crippen molar-refractivity contribution >= 4 is 6.71 Å². The molecule has 0 aromatic rings. The molecule has 0 N–H and O–H groups in total. The van der Waals surface area contributed by atoms with Crippen LogP contribution in [-0.4, -0.2) is 6.71 Å². The predicted molar refractivity (Wildman–Crippen MR) is 92.6 cm³/mol. The van der Waals surface area contributed by atoms with Gasteiger partial charge in [-0.25, -0.2) is 0 Å². The van der Waals surface area contributed by atoms with Gasteiger partial charge < -0.3 is 0 Å². The zero-order valence-electron chi connectivity index (χ0n) is 14.2. The van der Waals surface area contributed by atoms with Gasteiger partial charge in [0.2, 0.25) is 0 Å². The Bertz CT molecular complexity index is 127. The fourth-order valence-corrected chi connectivity index (χ4v) is 3.01. The van der Waals surface area contributed by atoms with Gasteiger partial charge in [-0.05, 0) is 0 Å². The van der Waals surface area contributed by atoms with Gasteiger partial charge in [0, 0.05) is 0 Å². The molecular weight excluding hydrogens is 227 g/mol. The molecule has 0 amide bonds. The summed E-state index contributed by atoms with van der Waals surface area (Å²) in [4.78, 5) is 0. The molecule has 0 aromatic heterocycles. The summed E-state index contributed by atoms with van der Waals surface area (Å²) < 4.78 is 0. The number of rotatable bonds is 15. The third-order valence-electron chi connectivity index (χ3n) is 4.40. The first kappa shape index (κ1) is 19.1. The van der Waals surface area contributed by atoms with Crippen LogP contribution in [0.15, 0.2) is 0 Å². The molecule has 0 aromatic carbocycles. The molecule has 0 saturated heterocycles. The van der Waals surface area contributed by atoms with Crippen LogP contribution in [0.3, 0.4) is 0 Å². The maximum Gasteiger partial charge on any atom is 0.139 e. The Hall–Kier alpha value is 0.0649. The van der Waals surface area contributed by atoms with E-state index < -0.39 is 0 Å². The van der Waals surface area contributed by atoms with Crippen LogP contribution >= 0.6 is 0 Å². The van der Waals surface area contributed by atoms with Crippen molar-refractivity contribution < 1.29 is 0 Å². The van der Waals surface area contributed by atoms with E-state index in [1.165, 1.54) is 96.0 Å². The second-order valence-corrected chi connectivity index (χ2v) is 6.41. The summed E-state index contributed by atoms with van der Waals surface area (Å²) in [5.74, 6) is 0. The SMILES string of the molecule is CCCCCCB(CCCCCC)CCCCCC. The number of hydrogen-bond acceptors (Lipinski definition) is 0. The Labute approximate surface area is 124 Å². The highest BCUT2D eigenvalue weighted by Crippen LogP contribution is 2.19. The van der Waals surface area contributed by atoms with Gasteiger partial charge >= 0.3 is 0 Å². The molecule has 0 aliphatic carbocycles. The Morgan fingerprint density at radius 1 is 0.421 bits per heavy atom. The fraction of sp³-hybridized carbons (Fsp3) is 1.00. The van der Waals surface area contributed by atoms with Gasteiger partial charge in [0.15, 0.2) is 0 Å². The molecule has 0 fully saturated rings. The summed E-state index contributed by atoms with van der Waals surface area (Å²) in [7, 11) is 0. The standard InChI is InChI=1S/C18H39B/c1-4-7-10-13-16-19(17-14-11-8-5-2)18-15-12-9-6-3/h4-18H2,1-3H3. The quantitative estimate of drug-likeness (QED) is 0.217. The third kappa shape index (κ3) is 14.3. The van der Waals surface area contributed by atoms with Crippen molar-refractivity contribution in [3.63, 3.8) is 0 Å². The third-order valence-corrected chi connectivity index (χ3v) is 4.40. The molecule has 0 saturated carbocycles. The van der Waals surface area contributed by atoms with Gasteiger partial charge in [-0.1, -0.05) is 117 Å². The van der Waals surface area contributed by atoms with E-state index in [9.17, 15) is 0 Å². The Morgan fingerprint density at radius 3 is 1.00 bits per heavy atom. The molecule has 19 heavy (non-hydrogen) atoms. The predicted octanol–water partition coefficient (Wildman–Crippen LogP) is 7.22. The molecule has 0 atom stereocenters. The van der Waals surface area contributed by atoms with Gasteiger partial charge in [-0.3, -0.25) is 0 Å². The van der Waals surface area contributed by atoms with Crippen LogP contribution < -0.4 is 0 Å². The van der Waals surface area contributed by atoms with Gasteiger partial charge in [0.05, 0.1) is 0 Å². The van der Waals surface area contributed by atoms with Crippen LogP contribution in [0.5, 0.6) is 0 Å². The van der Waals surface area contributed by atoms with Gasteiger partial charge in [-0.15, -0.1) is 0 Å². The lowest BCUT2D eigenvalue weighted by Gasteiger charge is -2.13. The van der Waals surface area contributed by atoms with E-state index >= 15 is 0 Å².